The van der Waals surface area contributed by atoms with Crippen LogP contribution in [0.5, 0.6) is 0 Å². The minimum absolute atomic E-state index is 0.808. The van der Waals surface area contributed by atoms with Gasteiger partial charge in [0.2, 0.25) is 0 Å². The predicted molar refractivity (Wildman–Crippen MR) is 82.5 cm³/mol. The SMILES string of the molecule is CCCc1nn(C)c(NCCN(CC)CCC)c1N. The van der Waals surface area contributed by atoms with E-state index in [1.165, 1.54) is 6.42 Å². The number of hydrogen-bond donors (Lipinski definition) is 2. The molecule has 3 N–H and O–H groups in total. The van der Waals surface area contributed by atoms with E-state index in [1.807, 2.05) is 11.7 Å². The molecular weight excluding hydrogens is 238 g/mol. The summed E-state index contributed by atoms with van der Waals surface area (Å²) < 4.78 is 1.86. The second-order valence-electron chi connectivity index (χ2n) is 4.94. The highest BCUT2D eigenvalue weighted by Crippen LogP contribution is 2.22. The molecule has 1 heterocycles. The number of hydrogen-bond acceptors (Lipinski definition) is 4. The van der Waals surface area contributed by atoms with Gasteiger partial charge < -0.3 is 16.0 Å². The lowest BCUT2D eigenvalue weighted by Crippen LogP contribution is -2.30. The molecule has 0 unspecified atom stereocenters. The van der Waals surface area contributed by atoms with E-state index < -0.39 is 0 Å². The standard InChI is InChI=1S/C14H29N5/c1-5-8-12-13(15)14(18(4)17-12)16-9-11-19(7-3)10-6-2/h16H,5-11,15H2,1-4H3. The molecule has 0 spiro atoms. The van der Waals surface area contributed by atoms with Gasteiger partial charge in [-0.25, -0.2) is 0 Å². The molecule has 5 nitrogen and oxygen atoms in total. The Morgan fingerprint density at radius 2 is 1.95 bits per heavy atom. The topological polar surface area (TPSA) is 59.1 Å². The van der Waals surface area contributed by atoms with Crippen molar-refractivity contribution in [3.8, 4) is 0 Å². The van der Waals surface area contributed by atoms with E-state index in [1.54, 1.807) is 0 Å². The molecule has 0 atom stereocenters. The van der Waals surface area contributed by atoms with Crippen LogP contribution < -0.4 is 11.1 Å². The van der Waals surface area contributed by atoms with E-state index in [0.717, 1.165) is 56.2 Å². The lowest BCUT2D eigenvalue weighted by molar-refractivity contribution is 0.300. The number of nitrogens with zero attached hydrogens (tertiary/aromatic N) is 3. The molecule has 110 valence electrons. The number of nitrogen functional groups attached to an aromatic ring is 1. The summed E-state index contributed by atoms with van der Waals surface area (Å²) in [7, 11) is 1.95. The highest BCUT2D eigenvalue weighted by atomic mass is 15.3. The molecule has 1 aromatic rings. The van der Waals surface area contributed by atoms with Crippen LogP contribution in [0.2, 0.25) is 0 Å². The molecule has 5 heteroatoms. The highest BCUT2D eigenvalue weighted by molar-refractivity contribution is 5.65. The summed E-state index contributed by atoms with van der Waals surface area (Å²) in [5.41, 5.74) is 7.95. The summed E-state index contributed by atoms with van der Waals surface area (Å²) >= 11 is 0. The fraction of sp³-hybridized carbons (Fsp3) is 0.786. The summed E-state index contributed by atoms with van der Waals surface area (Å²) in [6.07, 6.45) is 3.21. The zero-order valence-electron chi connectivity index (χ0n) is 12.9. The van der Waals surface area contributed by atoms with E-state index in [2.05, 4.69) is 36.1 Å². The van der Waals surface area contributed by atoms with Crippen LogP contribution >= 0.6 is 0 Å². The van der Waals surface area contributed by atoms with Gasteiger partial charge in [0.1, 0.15) is 5.82 Å². The van der Waals surface area contributed by atoms with Gasteiger partial charge in [-0.1, -0.05) is 27.2 Å². The van der Waals surface area contributed by atoms with E-state index in [9.17, 15) is 0 Å². The second-order valence-corrected chi connectivity index (χ2v) is 4.94. The Kier molecular flexibility index (Phi) is 6.70. The van der Waals surface area contributed by atoms with E-state index in [4.69, 9.17) is 5.73 Å². The van der Waals surface area contributed by atoms with Crippen molar-refractivity contribution in [1.82, 2.24) is 14.7 Å². The van der Waals surface area contributed by atoms with E-state index in [-0.39, 0.29) is 0 Å². The maximum absolute atomic E-state index is 6.14. The van der Waals surface area contributed by atoms with Gasteiger partial charge in [0.05, 0.1) is 11.4 Å². The number of anilines is 2. The number of nitrogens with one attached hydrogen (secondary N) is 1. The van der Waals surface area contributed by atoms with Gasteiger partial charge in [0.15, 0.2) is 0 Å². The lowest BCUT2D eigenvalue weighted by atomic mass is 10.2. The first-order valence-electron chi connectivity index (χ1n) is 7.41. The summed E-state index contributed by atoms with van der Waals surface area (Å²) in [5, 5.41) is 7.89. The van der Waals surface area contributed by atoms with Crippen molar-refractivity contribution in [1.29, 1.82) is 0 Å². The summed E-state index contributed by atoms with van der Waals surface area (Å²) in [4.78, 5) is 2.44. The molecule has 19 heavy (non-hydrogen) atoms. The van der Waals surface area contributed by atoms with Crippen molar-refractivity contribution in [3.05, 3.63) is 5.69 Å². The Morgan fingerprint density at radius 1 is 1.21 bits per heavy atom. The van der Waals surface area contributed by atoms with Gasteiger partial charge >= 0.3 is 0 Å². The summed E-state index contributed by atoms with van der Waals surface area (Å²) in [6, 6.07) is 0. The molecule has 0 radical (unpaired) electrons. The molecule has 0 aliphatic rings. The first-order chi connectivity index (χ1) is 9.13. The zero-order valence-corrected chi connectivity index (χ0v) is 12.9. The molecule has 0 saturated heterocycles. The molecular formula is C14H29N5. The van der Waals surface area contributed by atoms with Crippen LogP contribution in [-0.4, -0.2) is 40.9 Å². The second kappa shape index (κ2) is 8.04. The van der Waals surface area contributed by atoms with Gasteiger partial charge in [0.25, 0.3) is 0 Å². The van der Waals surface area contributed by atoms with E-state index >= 15 is 0 Å². The Balaban J connectivity index is 2.53. The molecule has 0 aromatic carbocycles. The van der Waals surface area contributed by atoms with E-state index in [0.29, 0.717) is 0 Å². The van der Waals surface area contributed by atoms with Crippen LogP contribution in [0.4, 0.5) is 11.5 Å². The molecule has 0 saturated carbocycles. The van der Waals surface area contributed by atoms with Crippen LogP contribution in [0.3, 0.4) is 0 Å². The van der Waals surface area contributed by atoms with Crippen LogP contribution in [0, 0.1) is 0 Å². The van der Waals surface area contributed by atoms with Gasteiger partial charge in [0, 0.05) is 20.1 Å². The number of aromatic nitrogens is 2. The molecule has 1 aromatic heterocycles. The fourth-order valence-electron chi connectivity index (χ4n) is 2.30. The Hall–Kier alpha value is -1.23. The average molecular weight is 267 g/mol. The summed E-state index contributed by atoms with van der Waals surface area (Å²) in [6.45, 7) is 10.8. The minimum Gasteiger partial charge on any atom is -0.394 e. The van der Waals surface area contributed by atoms with Crippen LogP contribution in [0.15, 0.2) is 0 Å². The van der Waals surface area contributed by atoms with Crippen molar-refractivity contribution in [2.24, 2.45) is 7.05 Å². The Bertz CT molecular complexity index is 372. The number of rotatable bonds is 9. The lowest BCUT2D eigenvalue weighted by Gasteiger charge is -2.20. The predicted octanol–water partition coefficient (Wildman–Crippen LogP) is 2.10. The molecule has 0 bridgehead atoms. The Labute approximate surface area is 117 Å². The molecule has 1 rings (SSSR count). The summed E-state index contributed by atoms with van der Waals surface area (Å²) in [5.74, 6) is 0.955. The van der Waals surface area contributed by atoms with Gasteiger partial charge in [-0.05, 0) is 25.9 Å². The van der Waals surface area contributed by atoms with Gasteiger partial charge in [-0.3, -0.25) is 4.68 Å². The first kappa shape index (κ1) is 15.8. The first-order valence-corrected chi connectivity index (χ1v) is 7.41. The number of likely N-dealkylation sites (N-methyl/N-ethyl adjacent to an activating group) is 1. The molecule has 0 aliphatic heterocycles. The fourth-order valence-corrected chi connectivity index (χ4v) is 2.30. The minimum atomic E-state index is 0.808. The average Bonchev–Trinajstić information content (AvgIpc) is 2.65. The number of aryl methyl sites for hydroxylation is 2. The van der Waals surface area contributed by atoms with Gasteiger partial charge in [-0.15, -0.1) is 0 Å². The van der Waals surface area contributed by atoms with Crippen LogP contribution in [0.25, 0.3) is 0 Å². The third-order valence-electron chi connectivity index (χ3n) is 3.35. The highest BCUT2D eigenvalue weighted by Gasteiger charge is 2.12. The molecule has 0 amide bonds. The molecule has 0 aliphatic carbocycles. The zero-order chi connectivity index (χ0) is 14.3. The third kappa shape index (κ3) is 4.42. The Morgan fingerprint density at radius 3 is 2.53 bits per heavy atom. The smallest absolute Gasteiger partial charge is 0.147 e. The molecule has 0 fully saturated rings. The monoisotopic (exact) mass is 267 g/mol. The quantitative estimate of drug-likeness (QED) is 0.719. The van der Waals surface area contributed by atoms with Crippen molar-refractivity contribution in [2.45, 2.75) is 40.0 Å². The largest absolute Gasteiger partial charge is 0.394 e. The van der Waals surface area contributed by atoms with Crippen molar-refractivity contribution in [2.75, 3.05) is 37.2 Å². The third-order valence-corrected chi connectivity index (χ3v) is 3.35. The van der Waals surface area contributed by atoms with Crippen LogP contribution in [0.1, 0.15) is 39.3 Å². The van der Waals surface area contributed by atoms with Crippen molar-refractivity contribution >= 4 is 11.5 Å². The maximum atomic E-state index is 6.14. The van der Waals surface area contributed by atoms with Crippen LogP contribution in [-0.2, 0) is 13.5 Å². The number of nitrogens with two attached hydrogens (primary N) is 1. The normalized spacial score (nSPS) is 11.2. The maximum Gasteiger partial charge on any atom is 0.147 e. The van der Waals surface area contributed by atoms with Crippen molar-refractivity contribution < 1.29 is 0 Å². The van der Waals surface area contributed by atoms with Crippen molar-refractivity contribution in [3.63, 3.8) is 0 Å². The van der Waals surface area contributed by atoms with Gasteiger partial charge in [-0.2, -0.15) is 5.10 Å².